The van der Waals surface area contributed by atoms with Gasteiger partial charge < -0.3 is 4.57 Å². The Kier molecular flexibility index (Phi) is 2.85. The molecular weight excluding hydrogens is 245 g/mol. The second-order valence-electron chi connectivity index (χ2n) is 4.38. The van der Waals surface area contributed by atoms with Crippen LogP contribution >= 0.6 is 0 Å². The minimum atomic E-state index is -3.64. The van der Waals surface area contributed by atoms with E-state index in [1.165, 1.54) is 11.5 Å². The van der Waals surface area contributed by atoms with Crippen LogP contribution in [0.4, 0.5) is 4.39 Å². The molecule has 6 heteroatoms. The van der Waals surface area contributed by atoms with Crippen molar-refractivity contribution in [1.82, 2.24) is 4.57 Å². The summed E-state index contributed by atoms with van der Waals surface area (Å²) in [5.74, 6) is -1.31. The summed E-state index contributed by atoms with van der Waals surface area (Å²) in [4.78, 5) is 11.1. The molecule has 0 N–H and O–H groups in total. The Bertz CT molecular complexity index is 586. The molecule has 4 nitrogen and oxygen atoms in total. The number of fused-ring (bicyclic) bond motifs is 1. The predicted molar refractivity (Wildman–Crippen MR) is 60.4 cm³/mol. The third-order valence-electron chi connectivity index (χ3n) is 3.01. The summed E-state index contributed by atoms with van der Waals surface area (Å²) in [6.45, 7) is 1.77. The highest BCUT2D eigenvalue weighted by Gasteiger charge is 2.31. The third-order valence-corrected chi connectivity index (χ3v) is 4.17. The van der Waals surface area contributed by atoms with Crippen molar-refractivity contribution in [1.29, 1.82) is 0 Å². The molecule has 0 aromatic carbocycles. The van der Waals surface area contributed by atoms with Crippen molar-refractivity contribution in [2.45, 2.75) is 37.6 Å². The van der Waals surface area contributed by atoms with Crippen LogP contribution in [0.3, 0.4) is 0 Å². The monoisotopic (exact) mass is 259 g/mol. The molecule has 1 aromatic heterocycles. The van der Waals surface area contributed by atoms with E-state index in [1.807, 2.05) is 0 Å². The van der Waals surface area contributed by atoms with Gasteiger partial charge in [-0.3, -0.25) is 4.79 Å². The molecular formula is C11H14FNO3S. The van der Waals surface area contributed by atoms with E-state index in [0.717, 1.165) is 19.1 Å². The average Bonchev–Trinajstić information content (AvgIpc) is 2.48. The molecule has 0 unspecified atom stereocenters. The van der Waals surface area contributed by atoms with Gasteiger partial charge in [0.2, 0.25) is 0 Å². The molecule has 0 aliphatic carbocycles. The van der Waals surface area contributed by atoms with E-state index in [1.54, 1.807) is 0 Å². The van der Waals surface area contributed by atoms with Crippen LogP contribution in [0.2, 0.25) is 0 Å². The number of rotatable bonds is 2. The van der Waals surface area contributed by atoms with Crippen molar-refractivity contribution >= 4 is 15.6 Å². The maximum Gasteiger partial charge on any atom is 0.180 e. The lowest BCUT2D eigenvalue weighted by Gasteiger charge is -2.17. The van der Waals surface area contributed by atoms with Crippen molar-refractivity contribution in [2.75, 3.05) is 6.26 Å². The molecule has 0 fully saturated rings. The molecule has 2 heterocycles. The Morgan fingerprint density at radius 3 is 2.53 bits per heavy atom. The lowest BCUT2D eigenvalue weighted by molar-refractivity contribution is 0.0999. The fourth-order valence-corrected chi connectivity index (χ4v) is 3.45. The molecule has 0 saturated carbocycles. The summed E-state index contributed by atoms with van der Waals surface area (Å²) in [7, 11) is -3.64. The van der Waals surface area contributed by atoms with Crippen molar-refractivity contribution in [3.8, 4) is 0 Å². The molecule has 0 saturated heterocycles. The van der Waals surface area contributed by atoms with Gasteiger partial charge in [0, 0.05) is 25.4 Å². The molecule has 94 valence electrons. The molecule has 0 spiro atoms. The van der Waals surface area contributed by atoms with Gasteiger partial charge in [-0.2, -0.15) is 0 Å². The fourth-order valence-electron chi connectivity index (χ4n) is 2.39. The molecule has 17 heavy (non-hydrogen) atoms. The van der Waals surface area contributed by atoms with Crippen LogP contribution in [0.5, 0.6) is 0 Å². The highest BCUT2D eigenvalue weighted by Crippen LogP contribution is 2.30. The average molecular weight is 259 g/mol. The summed E-state index contributed by atoms with van der Waals surface area (Å²) in [5.41, 5.74) is 0.349. The first-order chi connectivity index (χ1) is 7.84. The standard InChI is InChI=1S/C11H14FNO3S/c1-7(14)10-9(12)11(17(2,15)16)8-5-3-4-6-13(8)10/h3-6H2,1-2H3. The van der Waals surface area contributed by atoms with Gasteiger partial charge in [0.1, 0.15) is 10.6 Å². The summed E-state index contributed by atoms with van der Waals surface area (Å²) < 4.78 is 38.8. The topological polar surface area (TPSA) is 56.1 Å². The van der Waals surface area contributed by atoms with E-state index < -0.39 is 21.4 Å². The number of sulfone groups is 1. The number of nitrogens with zero attached hydrogens (tertiary/aromatic N) is 1. The zero-order chi connectivity index (χ0) is 12.8. The lowest BCUT2D eigenvalue weighted by atomic mass is 10.1. The van der Waals surface area contributed by atoms with Crippen LogP contribution in [0.1, 0.15) is 35.9 Å². The number of carbonyl (C=O) groups is 1. The Labute approximate surface area is 99.4 Å². The van der Waals surface area contributed by atoms with Gasteiger partial charge >= 0.3 is 0 Å². The van der Waals surface area contributed by atoms with Crippen molar-refractivity contribution < 1.29 is 17.6 Å². The van der Waals surface area contributed by atoms with Crippen LogP contribution in [0.25, 0.3) is 0 Å². The third kappa shape index (κ3) is 1.90. The zero-order valence-electron chi connectivity index (χ0n) is 9.79. The van der Waals surface area contributed by atoms with E-state index in [2.05, 4.69) is 0 Å². The van der Waals surface area contributed by atoms with Crippen LogP contribution in [0, 0.1) is 5.82 Å². The largest absolute Gasteiger partial charge is 0.338 e. The number of hydrogen-bond donors (Lipinski definition) is 0. The summed E-state index contributed by atoms with van der Waals surface area (Å²) in [6.07, 6.45) is 3.14. The first-order valence-corrected chi connectivity index (χ1v) is 7.35. The Morgan fingerprint density at radius 2 is 2.00 bits per heavy atom. The molecule has 0 bridgehead atoms. The van der Waals surface area contributed by atoms with Crippen LogP contribution in [0.15, 0.2) is 4.90 Å². The zero-order valence-corrected chi connectivity index (χ0v) is 10.6. The molecule has 0 radical (unpaired) electrons. The second-order valence-corrected chi connectivity index (χ2v) is 6.33. The van der Waals surface area contributed by atoms with E-state index in [9.17, 15) is 17.6 Å². The van der Waals surface area contributed by atoms with Gasteiger partial charge in [0.25, 0.3) is 0 Å². The summed E-state index contributed by atoms with van der Waals surface area (Å²) in [5, 5.41) is 0. The SMILES string of the molecule is CC(=O)c1c(F)c(S(C)(=O)=O)c2n1CCCC2. The van der Waals surface area contributed by atoms with Crippen molar-refractivity contribution in [3.05, 3.63) is 17.2 Å². The van der Waals surface area contributed by atoms with Crippen LogP contribution in [-0.4, -0.2) is 25.0 Å². The minimum Gasteiger partial charge on any atom is -0.338 e. The number of hydrogen-bond acceptors (Lipinski definition) is 3. The van der Waals surface area contributed by atoms with Crippen molar-refractivity contribution in [2.24, 2.45) is 0 Å². The predicted octanol–water partition coefficient (Wildman–Crippen LogP) is 1.57. The van der Waals surface area contributed by atoms with Gasteiger partial charge in [-0.15, -0.1) is 0 Å². The summed E-state index contributed by atoms with van der Waals surface area (Å²) >= 11 is 0. The quantitative estimate of drug-likeness (QED) is 0.757. The lowest BCUT2D eigenvalue weighted by Crippen LogP contribution is -2.15. The number of ketones is 1. The van der Waals surface area contributed by atoms with E-state index in [0.29, 0.717) is 18.7 Å². The summed E-state index contributed by atoms with van der Waals surface area (Å²) in [6, 6.07) is 0. The van der Waals surface area contributed by atoms with Gasteiger partial charge in [0.15, 0.2) is 21.4 Å². The minimum absolute atomic E-state index is 0.0971. The molecule has 0 amide bonds. The number of halogens is 1. The number of carbonyl (C=O) groups excluding carboxylic acids is 1. The first-order valence-electron chi connectivity index (χ1n) is 5.46. The van der Waals surface area contributed by atoms with Crippen LogP contribution in [-0.2, 0) is 22.8 Å². The van der Waals surface area contributed by atoms with Crippen LogP contribution < -0.4 is 0 Å². The van der Waals surface area contributed by atoms with E-state index in [4.69, 9.17) is 0 Å². The van der Waals surface area contributed by atoms with E-state index >= 15 is 0 Å². The Morgan fingerprint density at radius 1 is 1.35 bits per heavy atom. The number of aromatic nitrogens is 1. The van der Waals surface area contributed by atoms with Crippen molar-refractivity contribution in [3.63, 3.8) is 0 Å². The maximum absolute atomic E-state index is 14.1. The highest BCUT2D eigenvalue weighted by molar-refractivity contribution is 7.90. The first kappa shape index (κ1) is 12.3. The van der Waals surface area contributed by atoms with Gasteiger partial charge in [-0.05, 0) is 19.3 Å². The number of Topliss-reactive ketones (excluding diaryl/α,β-unsaturated/α-hetero) is 1. The smallest absolute Gasteiger partial charge is 0.180 e. The van der Waals surface area contributed by atoms with Gasteiger partial charge in [-0.25, -0.2) is 12.8 Å². The van der Waals surface area contributed by atoms with Gasteiger partial charge in [0.05, 0.1) is 0 Å². The normalized spacial score (nSPS) is 15.7. The second kappa shape index (κ2) is 3.94. The molecule has 1 aromatic rings. The highest BCUT2D eigenvalue weighted by atomic mass is 32.2. The van der Waals surface area contributed by atoms with E-state index in [-0.39, 0.29) is 10.6 Å². The van der Waals surface area contributed by atoms with Gasteiger partial charge in [-0.1, -0.05) is 0 Å². The molecule has 2 rings (SSSR count). The fraction of sp³-hybridized carbons (Fsp3) is 0.545. The molecule has 1 aliphatic rings. The Hall–Kier alpha value is -1.17. The molecule has 1 aliphatic heterocycles. The molecule has 0 atom stereocenters. The maximum atomic E-state index is 14.1. The Balaban J connectivity index is 2.81.